The van der Waals surface area contributed by atoms with Crippen LogP contribution in [0.3, 0.4) is 0 Å². The number of likely N-dealkylation sites (tertiary alicyclic amines) is 1. The summed E-state index contributed by atoms with van der Waals surface area (Å²) in [4.78, 5) is 15.0. The lowest BCUT2D eigenvalue weighted by Gasteiger charge is -2.19. The highest BCUT2D eigenvalue weighted by Crippen LogP contribution is 2.31. The van der Waals surface area contributed by atoms with Crippen molar-refractivity contribution in [1.82, 2.24) is 15.1 Å². The van der Waals surface area contributed by atoms with Gasteiger partial charge in [-0.05, 0) is 25.0 Å². The summed E-state index contributed by atoms with van der Waals surface area (Å²) in [6.07, 6.45) is 4.63. The standard InChI is InChI=1S/C14H16ClN3O2S2/c15-11-6-5-10(22-11)13-16-17-14(20-13)21-9-12(19)18-7-3-1-2-4-8-18/h5-6H,1-4,7-9H2. The number of hydrogen-bond acceptors (Lipinski definition) is 6. The topological polar surface area (TPSA) is 59.2 Å². The predicted octanol–water partition coefficient (Wildman–Crippen LogP) is 3.95. The number of halogens is 1. The van der Waals surface area contributed by atoms with Crippen LogP contribution in [0, 0.1) is 0 Å². The second-order valence-electron chi connectivity index (χ2n) is 5.06. The summed E-state index contributed by atoms with van der Waals surface area (Å²) < 4.78 is 6.25. The summed E-state index contributed by atoms with van der Waals surface area (Å²) in [5, 5.41) is 8.39. The molecule has 2 aromatic rings. The SMILES string of the molecule is O=C(CSc1nnc(-c2ccc(Cl)s2)o1)N1CCCCCC1. The minimum atomic E-state index is 0.144. The Hall–Kier alpha value is -1.05. The Morgan fingerprint density at radius 1 is 1.27 bits per heavy atom. The molecule has 5 nitrogen and oxygen atoms in total. The summed E-state index contributed by atoms with van der Waals surface area (Å²) >= 11 is 8.57. The van der Waals surface area contributed by atoms with E-state index >= 15 is 0 Å². The molecule has 1 amide bonds. The van der Waals surface area contributed by atoms with Crippen molar-refractivity contribution in [3.8, 4) is 10.8 Å². The fraction of sp³-hybridized carbons (Fsp3) is 0.500. The van der Waals surface area contributed by atoms with Crippen LogP contribution in [0.2, 0.25) is 4.34 Å². The largest absolute Gasteiger partial charge is 0.410 e. The molecule has 0 aliphatic carbocycles. The van der Waals surface area contributed by atoms with Crippen LogP contribution in [0.1, 0.15) is 25.7 Å². The summed E-state index contributed by atoms with van der Waals surface area (Å²) in [6.45, 7) is 1.73. The van der Waals surface area contributed by atoms with Crippen molar-refractivity contribution in [2.24, 2.45) is 0 Å². The molecule has 22 heavy (non-hydrogen) atoms. The smallest absolute Gasteiger partial charge is 0.277 e. The summed E-state index contributed by atoms with van der Waals surface area (Å²) in [5.41, 5.74) is 0. The first kappa shape index (κ1) is 15.8. The number of carbonyl (C=O) groups excluding carboxylic acids is 1. The Balaban J connectivity index is 1.55. The number of nitrogens with zero attached hydrogens (tertiary/aromatic N) is 3. The molecule has 1 saturated heterocycles. The number of carbonyl (C=O) groups is 1. The highest BCUT2D eigenvalue weighted by molar-refractivity contribution is 7.99. The maximum atomic E-state index is 12.2. The fourth-order valence-corrected chi connectivity index (χ4v) is 3.96. The quantitative estimate of drug-likeness (QED) is 0.775. The zero-order valence-electron chi connectivity index (χ0n) is 12.0. The number of amides is 1. The van der Waals surface area contributed by atoms with Gasteiger partial charge in [0.25, 0.3) is 11.1 Å². The highest BCUT2D eigenvalue weighted by Gasteiger charge is 2.17. The fourth-order valence-electron chi connectivity index (χ4n) is 2.33. The molecule has 1 aliphatic rings. The van der Waals surface area contributed by atoms with E-state index in [9.17, 15) is 4.79 Å². The van der Waals surface area contributed by atoms with Gasteiger partial charge in [0.15, 0.2) is 0 Å². The van der Waals surface area contributed by atoms with Crippen molar-refractivity contribution in [3.63, 3.8) is 0 Å². The third-order valence-corrected chi connectivity index (χ3v) is 5.49. The third kappa shape index (κ3) is 4.02. The van der Waals surface area contributed by atoms with E-state index in [2.05, 4.69) is 10.2 Å². The molecule has 1 fully saturated rings. The minimum Gasteiger partial charge on any atom is -0.410 e. The molecule has 0 radical (unpaired) electrons. The van der Waals surface area contributed by atoms with Gasteiger partial charge in [-0.1, -0.05) is 36.2 Å². The van der Waals surface area contributed by atoms with Crippen LogP contribution in [0.5, 0.6) is 0 Å². The summed E-state index contributed by atoms with van der Waals surface area (Å²) in [7, 11) is 0. The Morgan fingerprint density at radius 3 is 2.73 bits per heavy atom. The molecule has 0 saturated carbocycles. The normalized spacial score (nSPS) is 15.8. The van der Waals surface area contributed by atoms with E-state index in [1.165, 1.54) is 35.9 Å². The van der Waals surface area contributed by atoms with Gasteiger partial charge in [0, 0.05) is 13.1 Å². The van der Waals surface area contributed by atoms with Crippen molar-refractivity contribution in [1.29, 1.82) is 0 Å². The van der Waals surface area contributed by atoms with E-state index in [-0.39, 0.29) is 5.91 Å². The van der Waals surface area contributed by atoms with Crippen LogP contribution < -0.4 is 0 Å². The van der Waals surface area contributed by atoms with E-state index in [4.69, 9.17) is 16.0 Å². The second-order valence-corrected chi connectivity index (χ2v) is 7.70. The van der Waals surface area contributed by atoms with Crippen LogP contribution in [0.15, 0.2) is 21.8 Å². The lowest BCUT2D eigenvalue weighted by molar-refractivity contribution is -0.128. The molecular weight excluding hydrogens is 342 g/mol. The van der Waals surface area contributed by atoms with Gasteiger partial charge in [-0.2, -0.15) is 0 Å². The second kappa shape index (κ2) is 7.48. The van der Waals surface area contributed by atoms with Gasteiger partial charge in [-0.3, -0.25) is 4.79 Å². The highest BCUT2D eigenvalue weighted by atomic mass is 35.5. The Kier molecular flexibility index (Phi) is 5.38. The molecular formula is C14H16ClN3O2S2. The minimum absolute atomic E-state index is 0.144. The Bertz CT molecular complexity index is 636. The molecule has 118 valence electrons. The van der Waals surface area contributed by atoms with Gasteiger partial charge >= 0.3 is 0 Å². The first-order chi connectivity index (χ1) is 10.7. The molecule has 8 heteroatoms. The molecule has 3 rings (SSSR count). The summed E-state index contributed by atoms with van der Waals surface area (Å²) in [6, 6.07) is 3.64. The van der Waals surface area contributed by atoms with E-state index in [1.54, 1.807) is 6.07 Å². The molecule has 3 heterocycles. The van der Waals surface area contributed by atoms with Crippen molar-refractivity contribution in [3.05, 3.63) is 16.5 Å². The van der Waals surface area contributed by atoms with Crippen LogP contribution >= 0.6 is 34.7 Å². The first-order valence-electron chi connectivity index (χ1n) is 7.22. The third-order valence-electron chi connectivity index (χ3n) is 3.47. The number of thiophene rings is 1. The molecule has 1 aliphatic heterocycles. The van der Waals surface area contributed by atoms with Gasteiger partial charge in [-0.15, -0.1) is 21.5 Å². The van der Waals surface area contributed by atoms with E-state index in [0.29, 0.717) is 21.2 Å². The molecule has 0 bridgehead atoms. The van der Waals surface area contributed by atoms with Crippen LogP contribution in [0.25, 0.3) is 10.8 Å². The average Bonchev–Trinajstić information content (AvgIpc) is 3.06. The monoisotopic (exact) mass is 357 g/mol. The Morgan fingerprint density at radius 2 is 2.05 bits per heavy atom. The molecule has 0 spiro atoms. The number of thioether (sulfide) groups is 1. The number of rotatable bonds is 4. The zero-order chi connectivity index (χ0) is 15.4. The van der Waals surface area contributed by atoms with Crippen LogP contribution in [-0.4, -0.2) is 39.8 Å². The average molecular weight is 358 g/mol. The van der Waals surface area contributed by atoms with Gasteiger partial charge in [0.1, 0.15) is 0 Å². The van der Waals surface area contributed by atoms with Gasteiger partial charge < -0.3 is 9.32 Å². The van der Waals surface area contributed by atoms with Gasteiger partial charge in [0.05, 0.1) is 15.0 Å². The van der Waals surface area contributed by atoms with Crippen molar-refractivity contribution in [2.75, 3.05) is 18.8 Å². The molecule has 0 unspecified atom stereocenters. The molecule has 2 aromatic heterocycles. The van der Waals surface area contributed by atoms with E-state index < -0.39 is 0 Å². The van der Waals surface area contributed by atoms with Crippen molar-refractivity contribution < 1.29 is 9.21 Å². The van der Waals surface area contributed by atoms with Crippen LogP contribution in [0.4, 0.5) is 0 Å². The number of hydrogen-bond donors (Lipinski definition) is 0. The lowest BCUT2D eigenvalue weighted by atomic mass is 10.2. The van der Waals surface area contributed by atoms with E-state index in [0.717, 1.165) is 30.8 Å². The maximum absolute atomic E-state index is 12.2. The van der Waals surface area contributed by atoms with E-state index in [1.807, 2.05) is 11.0 Å². The van der Waals surface area contributed by atoms with Gasteiger partial charge in [0.2, 0.25) is 5.91 Å². The predicted molar refractivity (Wildman–Crippen MR) is 88.4 cm³/mol. The lowest BCUT2D eigenvalue weighted by Crippen LogP contribution is -2.33. The van der Waals surface area contributed by atoms with Crippen LogP contribution in [-0.2, 0) is 4.79 Å². The molecule has 0 aromatic carbocycles. The summed E-state index contributed by atoms with van der Waals surface area (Å²) in [5.74, 6) is 0.930. The number of aromatic nitrogens is 2. The van der Waals surface area contributed by atoms with Crippen molar-refractivity contribution in [2.45, 2.75) is 30.9 Å². The maximum Gasteiger partial charge on any atom is 0.277 e. The van der Waals surface area contributed by atoms with Gasteiger partial charge in [-0.25, -0.2) is 0 Å². The Labute approximate surface area is 142 Å². The molecule has 0 N–H and O–H groups in total. The van der Waals surface area contributed by atoms with Crippen molar-refractivity contribution >= 4 is 40.6 Å². The zero-order valence-corrected chi connectivity index (χ0v) is 14.3. The first-order valence-corrected chi connectivity index (χ1v) is 9.40. The molecule has 0 atom stereocenters.